The quantitative estimate of drug-likeness (QED) is 0.131. The molecule has 0 fully saturated rings. The SMILES string of the molecule is Cc1cc2c3c(cc(C)cc3c1)-c1cc3c(cc1-2)c(-c1cccnc1)c1ccc2cccc4ccc3c1c24.Cc1cc2cc(C)cc3c4cc5c(cc4c(c1)c23)c(-c1ccccn1)c1c2ccccc2c2cccc5c21.Cc1cc2cc(C)cc3c4cc5c(cc4c(c1)c23)c(-c1ccccn1)cc1c5cc2cccc3c4ccccc4c1c23. The van der Waals surface area contributed by atoms with Crippen LogP contribution in [0, 0.1) is 41.5 Å². The molecule has 1 aliphatic carbocycles. The monoisotopic (exact) mass is 1490 g/mol. The van der Waals surface area contributed by atoms with Crippen LogP contribution in [0.5, 0.6) is 0 Å². The molecule has 0 aliphatic heterocycles. The van der Waals surface area contributed by atoms with Crippen molar-refractivity contribution < 1.29 is 0 Å². The minimum Gasteiger partial charge on any atom is -0.264 e. The third-order valence-electron chi connectivity index (χ3n) is 26.8. The fourth-order valence-corrected chi connectivity index (χ4v) is 22.4. The van der Waals surface area contributed by atoms with E-state index in [9.17, 15) is 0 Å². The van der Waals surface area contributed by atoms with E-state index in [1.807, 2.05) is 36.9 Å². The van der Waals surface area contributed by atoms with E-state index in [1.54, 1.807) is 0 Å². The van der Waals surface area contributed by atoms with Crippen molar-refractivity contribution in [3.8, 4) is 55.9 Å². The Morgan fingerprint density at radius 1 is 0.169 bits per heavy atom. The summed E-state index contributed by atoms with van der Waals surface area (Å²) in [7, 11) is 0. The topological polar surface area (TPSA) is 38.7 Å². The van der Waals surface area contributed by atoms with Gasteiger partial charge in [-0.1, -0.05) is 218 Å². The first kappa shape index (κ1) is 65.6. The lowest BCUT2D eigenvalue weighted by molar-refractivity contribution is 1.33. The third kappa shape index (κ3) is 9.05. The summed E-state index contributed by atoms with van der Waals surface area (Å²) in [5.74, 6) is 0. The zero-order valence-electron chi connectivity index (χ0n) is 65.9. The van der Waals surface area contributed by atoms with Gasteiger partial charge in [-0.2, -0.15) is 0 Å². The Kier molecular flexibility index (Phi) is 13.3. The van der Waals surface area contributed by atoms with Crippen molar-refractivity contribution in [2.45, 2.75) is 41.5 Å². The fraction of sp³-hybridized carbons (Fsp3) is 0.0522. The summed E-state index contributed by atoms with van der Waals surface area (Å²) >= 11 is 0. The Bertz CT molecular complexity index is 9060. The number of fused-ring (bicyclic) bond motifs is 23. The summed E-state index contributed by atoms with van der Waals surface area (Å²) in [6.45, 7) is 13.3. The van der Waals surface area contributed by atoms with E-state index in [-0.39, 0.29) is 0 Å². The molecule has 1 aliphatic rings. The molecule has 0 bridgehead atoms. The first-order valence-electron chi connectivity index (χ1n) is 41.3. The van der Waals surface area contributed by atoms with Crippen molar-refractivity contribution in [2.24, 2.45) is 0 Å². The summed E-state index contributed by atoms with van der Waals surface area (Å²) in [5.41, 5.74) is 20.1. The smallest absolute Gasteiger partial charge is 0.0714 e. The van der Waals surface area contributed by atoms with Gasteiger partial charge in [0, 0.05) is 46.9 Å². The number of benzene rings is 20. The van der Waals surface area contributed by atoms with Gasteiger partial charge < -0.3 is 0 Å². The number of nitrogens with zero attached hydrogens (tertiary/aromatic N) is 3. The van der Waals surface area contributed by atoms with Crippen molar-refractivity contribution in [1.82, 2.24) is 15.0 Å². The molecule has 0 N–H and O–H groups in total. The molecule has 0 amide bonds. The standard InChI is InChI=1S/C41H25N.2C37H23N/c1-22-14-25-15-23(2)17-36-33-20-31-30(19-32(33)35(16-22)39(25)36)29-18-24-8-7-11-27-26-9-3-4-10-28(26)41(40(24)27)37(29)21-34(31)38-12-5-6-13-42-38;1-20-13-25-14-21(2)16-32-30-18-33-28(17-29(30)31(15-20)36(25)32)26-10-8-22-5-3-6-23-9-11-27(37(26)34(22)23)35(33)24-7-4-12-38-19-24;1-20-14-22-15-21(2)17-31-29-19-32-27(18-28(29)30(16-20)34(22)31)26-11-7-10-24-23-8-3-4-9-25(23)37(35(24)26)36(32)33-12-5-6-13-38-33/h3-21H,1-2H3;2*3-19H,1-2H3. The van der Waals surface area contributed by atoms with Gasteiger partial charge in [-0.3, -0.25) is 15.0 Å². The molecule has 3 aromatic heterocycles. The number of aromatic nitrogens is 3. The van der Waals surface area contributed by atoms with Crippen molar-refractivity contribution in [2.75, 3.05) is 0 Å². The number of hydrogen-bond donors (Lipinski definition) is 0. The average Bonchev–Trinajstić information content (AvgIpc) is 1.48. The summed E-state index contributed by atoms with van der Waals surface area (Å²) in [6, 6.07) is 112. The predicted octanol–water partition coefficient (Wildman–Crippen LogP) is 32.0. The summed E-state index contributed by atoms with van der Waals surface area (Å²) in [5, 5.41) is 53.1. The number of pyridine rings is 3. The lowest BCUT2D eigenvalue weighted by Crippen LogP contribution is -1.92. The van der Waals surface area contributed by atoms with E-state index in [0.717, 1.165) is 17.0 Å². The molecule has 0 saturated carbocycles. The van der Waals surface area contributed by atoms with Crippen LogP contribution >= 0.6 is 0 Å². The fourth-order valence-electron chi connectivity index (χ4n) is 22.4. The van der Waals surface area contributed by atoms with Gasteiger partial charge >= 0.3 is 0 Å². The van der Waals surface area contributed by atoms with E-state index in [2.05, 4.69) is 332 Å². The molecule has 24 aromatic carbocycles. The molecule has 0 spiro atoms. The zero-order valence-corrected chi connectivity index (χ0v) is 65.9. The van der Waals surface area contributed by atoms with Crippen LogP contribution in [-0.4, -0.2) is 15.0 Å². The highest BCUT2D eigenvalue weighted by Crippen LogP contribution is 2.56. The van der Waals surface area contributed by atoms with Crippen LogP contribution in [0.1, 0.15) is 33.4 Å². The van der Waals surface area contributed by atoms with Gasteiger partial charge in [0.2, 0.25) is 0 Å². The van der Waals surface area contributed by atoms with E-state index in [0.29, 0.717) is 0 Å². The average molecular weight is 1490 g/mol. The molecule has 3 heteroatoms. The van der Waals surface area contributed by atoms with Crippen molar-refractivity contribution >= 4 is 215 Å². The Morgan fingerprint density at radius 3 is 1.14 bits per heavy atom. The molecule has 28 rings (SSSR count). The first-order valence-corrected chi connectivity index (χ1v) is 41.3. The lowest BCUT2D eigenvalue weighted by atomic mass is 9.84. The molecule has 0 atom stereocenters. The van der Waals surface area contributed by atoms with Crippen LogP contribution in [0.4, 0.5) is 0 Å². The number of aryl methyl sites for hydroxylation is 6. The van der Waals surface area contributed by atoms with Crippen molar-refractivity contribution in [3.05, 3.63) is 355 Å². The number of rotatable bonds is 3. The highest BCUT2D eigenvalue weighted by Gasteiger charge is 2.29. The normalized spacial score (nSPS) is 12.5. The Balaban J connectivity index is 0.0000000964. The molecule has 0 radical (unpaired) electrons. The molecular weight excluding hydrogens is 1420 g/mol. The van der Waals surface area contributed by atoms with Gasteiger partial charge in [-0.15, -0.1) is 0 Å². The second-order valence-electron chi connectivity index (χ2n) is 34.0. The van der Waals surface area contributed by atoms with Gasteiger partial charge in [0.1, 0.15) is 0 Å². The Morgan fingerprint density at radius 2 is 0.559 bits per heavy atom. The van der Waals surface area contributed by atoms with Crippen molar-refractivity contribution in [3.63, 3.8) is 0 Å². The van der Waals surface area contributed by atoms with Gasteiger partial charge in [-0.25, -0.2) is 0 Å². The van der Waals surface area contributed by atoms with E-state index < -0.39 is 0 Å². The maximum absolute atomic E-state index is 4.91. The summed E-state index contributed by atoms with van der Waals surface area (Å²) in [4.78, 5) is 14.3. The molecule has 0 unspecified atom stereocenters. The zero-order chi connectivity index (χ0) is 77.9. The van der Waals surface area contributed by atoms with Gasteiger partial charge in [-0.05, 0) is 392 Å². The van der Waals surface area contributed by atoms with Gasteiger partial charge in [0.05, 0.1) is 11.4 Å². The second kappa shape index (κ2) is 23.9. The van der Waals surface area contributed by atoms with Gasteiger partial charge in [0.15, 0.2) is 0 Å². The van der Waals surface area contributed by atoms with E-state index >= 15 is 0 Å². The third-order valence-corrected chi connectivity index (χ3v) is 26.8. The molecule has 546 valence electrons. The second-order valence-corrected chi connectivity index (χ2v) is 34.0. The van der Waals surface area contributed by atoms with Crippen molar-refractivity contribution in [1.29, 1.82) is 0 Å². The Hall–Kier alpha value is -14.8. The molecule has 27 aromatic rings. The van der Waals surface area contributed by atoms with E-state index in [4.69, 9.17) is 9.97 Å². The maximum Gasteiger partial charge on any atom is 0.0714 e. The largest absolute Gasteiger partial charge is 0.264 e. The summed E-state index contributed by atoms with van der Waals surface area (Å²) in [6.07, 6.45) is 7.71. The van der Waals surface area contributed by atoms with Crippen LogP contribution in [0.3, 0.4) is 0 Å². The predicted molar refractivity (Wildman–Crippen MR) is 508 cm³/mol. The van der Waals surface area contributed by atoms with Gasteiger partial charge in [0.25, 0.3) is 0 Å². The van der Waals surface area contributed by atoms with Crippen LogP contribution in [0.15, 0.2) is 322 Å². The molecule has 3 heterocycles. The van der Waals surface area contributed by atoms with Crippen LogP contribution < -0.4 is 0 Å². The Labute approximate surface area is 678 Å². The minimum atomic E-state index is 1.01. The van der Waals surface area contributed by atoms with Crippen LogP contribution in [-0.2, 0) is 0 Å². The van der Waals surface area contributed by atoms with E-state index in [1.165, 1.54) is 288 Å². The van der Waals surface area contributed by atoms with Crippen LogP contribution in [0.25, 0.3) is 271 Å². The molecule has 3 nitrogen and oxygen atoms in total. The summed E-state index contributed by atoms with van der Waals surface area (Å²) < 4.78 is 0. The first-order chi connectivity index (χ1) is 58.0. The highest BCUT2D eigenvalue weighted by atomic mass is 14.7. The van der Waals surface area contributed by atoms with Crippen LogP contribution in [0.2, 0.25) is 0 Å². The number of hydrogen-bond acceptors (Lipinski definition) is 3. The minimum absolute atomic E-state index is 1.01. The molecular formula is C115H71N3. The highest BCUT2D eigenvalue weighted by molar-refractivity contribution is 6.44. The maximum atomic E-state index is 4.91. The molecule has 118 heavy (non-hydrogen) atoms. The lowest BCUT2D eigenvalue weighted by Gasteiger charge is -2.19. The molecule has 0 saturated heterocycles.